The maximum atomic E-state index is 5.54. The van der Waals surface area contributed by atoms with Gasteiger partial charge in [-0.05, 0) is 30.0 Å². The summed E-state index contributed by atoms with van der Waals surface area (Å²) in [5.74, 6) is 1.72. The van der Waals surface area contributed by atoms with E-state index in [-0.39, 0.29) is 0 Å². The molecule has 1 aromatic heterocycles. The lowest BCUT2D eigenvalue weighted by Gasteiger charge is -2.10. The predicted molar refractivity (Wildman–Crippen MR) is 82.5 cm³/mol. The SMILES string of the molecule is CCCCOCCNc1nccc2ccc(OC)cc12. The molecule has 0 bridgehead atoms. The van der Waals surface area contributed by atoms with Crippen LogP contribution in [0.4, 0.5) is 5.82 Å². The van der Waals surface area contributed by atoms with E-state index in [0.717, 1.165) is 48.3 Å². The number of unbranched alkanes of at least 4 members (excludes halogenated alkanes) is 1. The second-order valence-corrected chi connectivity index (χ2v) is 4.64. The molecule has 0 saturated carbocycles. The second-order valence-electron chi connectivity index (χ2n) is 4.64. The maximum Gasteiger partial charge on any atom is 0.134 e. The molecule has 0 spiro atoms. The first-order valence-corrected chi connectivity index (χ1v) is 7.09. The van der Waals surface area contributed by atoms with Crippen LogP contribution in [0.3, 0.4) is 0 Å². The molecule has 2 aromatic rings. The van der Waals surface area contributed by atoms with Crippen LogP contribution in [0.5, 0.6) is 5.75 Å². The highest BCUT2D eigenvalue weighted by atomic mass is 16.5. The smallest absolute Gasteiger partial charge is 0.134 e. The van der Waals surface area contributed by atoms with Gasteiger partial charge in [0.05, 0.1) is 13.7 Å². The van der Waals surface area contributed by atoms with E-state index >= 15 is 0 Å². The minimum Gasteiger partial charge on any atom is -0.497 e. The van der Waals surface area contributed by atoms with E-state index in [0.29, 0.717) is 6.61 Å². The minimum atomic E-state index is 0.696. The Balaban J connectivity index is 1.98. The van der Waals surface area contributed by atoms with Crippen molar-refractivity contribution >= 4 is 16.6 Å². The number of ether oxygens (including phenoxy) is 2. The van der Waals surface area contributed by atoms with Gasteiger partial charge in [0.2, 0.25) is 0 Å². The van der Waals surface area contributed by atoms with Gasteiger partial charge < -0.3 is 14.8 Å². The van der Waals surface area contributed by atoms with E-state index in [9.17, 15) is 0 Å². The Hall–Kier alpha value is -1.81. The molecule has 4 nitrogen and oxygen atoms in total. The van der Waals surface area contributed by atoms with Gasteiger partial charge in [-0.25, -0.2) is 4.98 Å². The fourth-order valence-electron chi connectivity index (χ4n) is 2.01. The molecule has 108 valence electrons. The number of nitrogens with one attached hydrogen (secondary N) is 1. The third kappa shape index (κ3) is 3.84. The van der Waals surface area contributed by atoms with Crippen molar-refractivity contribution in [3.8, 4) is 5.75 Å². The number of benzene rings is 1. The molecule has 0 radical (unpaired) electrons. The zero-order chi connectivity index (χ0) is 14.2. The molecule has 0 aliphatic rings. The average Bonchev–Trinajstić information content (AvgIpc) is 2.50. The van der Waals surface area contributed by atoms with Crippen LogP contribution < -0.4 is 10.1 Å². The van der Waals surface area contributed by atoms with E-state index in [1.807, 2.05) is 30.5 Å². The molecule has 20 heavy (non-hydrogen) atoms. The van der Waals surface area contributed by atoms with Gasteiger partial charge in [-0.3, -0.25) is 0 Å². The Morgan fingerprint density at radius 1 is 1.20 bits per heavy atom. The molecule has 2 rings (SSSR count). The van der Waals surface area contributed by atoms with E-state index in [1.165, 1.54) is 0 Å². The lowest BCUT2D eigenvalue weighted by molar-refractivity contribution is 0.141. The third-order valence-corrected chi connectivity index (χ3v) is 3.15. The summed E-state index contributed by atoms with van der Waals surface area (Å²) in [5, 5.41) is 5.54. The normalized spacial score (nSPS) is 10.7. The molecule has 0 aliphatic heterocycles. The largest absolute Gasteiger partial charge is 0.497 e. The number of nitrogens with zero attached hydrogens (tertiary/aromatic N) is 1. The molecule has 4 heteroatoms. The molecular formula is C16H22N2O2. The Labute approximate surface area is 120 Å². The van der Waals surface area contributed by atoms with Crippen LogP contribution in [0, 0.1) is 0 Å². The van der Waals surface area contributed by atoms with Crippen LogP contribution in [0.1, 0.15) is 19.8 Å². The van der Waals surface area contributed by atoms with Crippen molar-refractivity contribution in [3.63, 3.8) is 0 Å². The molecular weight excluding hydrogens is 252 g/mol. The first kappa shape index (κ1) is 14.6. The van der Waals surface area contributed by atoms with Crippen molar-refractivity contribution in [2.45, 2.75) is 19.8 Å². The fraction of sp³-hybridized carbons (Fsp3) is 0.438. The highest BCUT2D eigenvalue weighted by Crippen LogP contribution is 2.25. The van der Waals surface area contributed by atoms with Gasteiger partial charge in [-0.2, -0.15) is 0 Å². The number of aromatic nitrogens is 1. The van der Waals surface area contributed by atoms with Gasteiger partial charge in [-0.15, -0.1) is 0 Å². The van der Waals surface area contributed by atoms with Crippen molar-refractivity contribution in [3.05, 3.63) is 30.5 Å². The van der Waals surface area contributed by atoms with Gasteiger partial charge >= 0.3 is 0 Å². The van der Waals surface area contributed by atoms with Crippen LogP contribution in [0.25, 0.3) is 10.8 Å². The first-order valence-electron chi connectivity index (χ1n) is 7.09. The van der Waals surface area contributed by atoms with Crippen LogP contribution in [0.2, 0.25) is 0 Å². The highest BCUT2D eigenvalue weighted by molar-refractivity contribution is 5.92. The molecule has 0 aliphatic carbocycles. The van der Waals surface area contributed by atoms with Gasteiger partial charge in [0.15, 0.2) is 0 Å². The topological polar surface area (TPSA) is 43.4 Å². The minimum absolute atomic E-state index is 0.696. The molecule has 0 saturated heterocycles. The molecule has 1 aromatic carbocycles. The fourth-order valence-corrected chi connectivity index (χ4v) is 2.01. The number of rotatable bonds is 8. The summed E-state index contributed by atoms with van der Waals surface area (Å²) < 4.78 is 10.8. The Kier molecular flexibility index (Phi) is 5.62. The molecule has 1 heterocycles. The van der Waals surface area contributed by atoms with E-state index in [4.69, 9.17) is 9.47 Å². The summed E-state index contributed by atoms with van der Waals surface area (Å²) in [4.78, 5) is 4.39. The van der Waals surface area contributed by atoms with Crippen LogP contribution in [-0.2, 0) is 4.74 Å². The van der Waals surface area contributed by atoms with E-state index in [2.05, 4.69) is 17.2 Å². The second kappa shape index (κ2) is 7.70. The number of methoxy groups -OCH3 is 1. The number of hydrogen-bond acceptors (Lipinski definition) is 4. The van der Waals surface area contributed by atoms with Crippen LogP contribution in [0.15, 0.2) is 30.5 Å². The van der Waals surface area contributed by atoms with Crippen molar-refractivity contribution in [1.82, 2.24) is 4.98 Å². The third-order valence-electron chi connectivity index (χ3n) is 3.15. The van der Waals surface area contributed by atoms with Crippen molar-refractivity contribution < 1.29 is 9.47 Å². The number of anilines is 1. The van der Waals surface area contributed by atoms with Gasteiger partial charge in [-0.1, -0.05) is 19.4 Å². The summed E-state index contributed by atoms with van der Waals surface area (Å²) >= 11 is 0. The maximum absolute atomic E-state index is 5.54. The molecule has 0 amide bonds. The molecule has 0 unspecified atom stereocenters. The van der Waals surface area contributed by atoms with E-state index < -0.39 is 0 Å². The van der Waals surface area contributed by atoms with E-state index in [1.54, 1.807) is 7.11 Å². The summed E-state index contributed by atoms with van der Waals surface area (Å²) in [6.45, 7) is 4.44. The van der Waals surface area contributed by atoms with Crippen LogP contribution in [-0.4, -0.2) is 31.9 Å². The van der Waals surface area contributed by atoms with Gasteiger partial charge in [0.25, 0.3) is 0 Å². The van der Waals surface area contributed by atoms with Crippen LogP contribution >= 0.6 is 0 Å². The number of fused-ring (bicyclic) bond motifs is 1. The standard InChI is InChI=1S/C16H22N2O2/c1-3-4-10-20-11-9-18-16-15-12-14(19-2)6-5-13(15)7-8-17-16/h5-8,12H,3-4,9-11H2,1-2H3,(H,17,18). The lowest BCUT2D eigenvalue weighted by Crippen LogP contribution is -2.11. The quantitative estimate of drug-likeness (QED) is 0.748. The number of pyridine rings is 1. The molecule has 0 atom stereocenters. The van der Waals surface area contributed by atoms with Crippen molar-refractivity contribution in [1.29, 1.82) is 0 Å². The first-order chi connectivity index (χ1) is 9.85. The number of hydrogen-bond donors (Lipinski definition) is 1. The van der Waals surface area contributed by atoms with Gasteiger partial charge in [0.1, 0.15) is 11.6 Å². The predicted octanol–water partition coefficient (Wildman–Crippen LogP) is 3.47. The Morgan fingerprint density at radius 2 is 2.10 bits per heavy atom. The van der Waals surface area contributed by atoms with Gasteiger partial charge in [0, 0.05) is 24.7 Å². The summed E-state index contributed by atoms with van der Waals surface area (Å²) in [5.41, 5.74) is 0. The zero-order valence-corrected chi connectivity index (χ0v) is 12.2. The van der Waals surface area contributed by atoms with Crippen molar-refractivity contribution in [2.24, 2.45) is 0 Å². The highest BCUT2D eigenvalue weighted by Gasteiger charge is 2.03. The van der Waals surface area contributed by atoms with Crippen molar-refractivity contribution in [2.75, 3.05) is 32.2 Å². The molecule has 0 fully saturated rings. The summed E-state index contributed by atoms with van der Waals surface area (Å²) in [6, 6.07) is 8.00. The summed E-state index contributed by atoms with van der Waals surface area (Å²) in [7, 11) is 1.67. The lowest BCUT2D eigenvalue weighted by atomic mass is 10.1. The Morgan fingerprint density at radius 3 is 2.90 bits per heavy atom. The molecule has 1 N–H and O–H groups in total. The Bertz CT molecular complexity index is 543. The monoisotopic (exact) mass is 274 g/mol. The average molecular weight is 274 g/mol. The zero-order valence-electron chi connectivity index (χ0n) is 12.2. The summed E-state index contributed by atoms with van der Waals surface area (Å²) in [6.07, 6.45) is 4.09.